The quantitative estimate of drug-likeness (QED) is 0.820. The second kappa shape index (κ2) is 4.86. The number of nitrogens with zero attached hydrogens (tertiary/aromatic N) is 1. The number of halogens is 1. The summed E-state index contributed by atoms with van der Waals surface area (Å²) in [6, 6.07) is 12.5. The van der Waals surface area contributed by atoms with Crippen molar-refractivity contribution in [3.63, 3.8) is 0 Å². The Kier molecular flexibility index (Phi) is 3.03. The Bertz CT molecular complexity index is 703. The third-order valence-corrected chi connectivity index (χ3v) is 3.67. The number of hydrogen-bond donors (Lipinski definition) is 2. The van der Waals surface area contributed by atoms with Gasteiger partial charge < -0.3 is 11.1 Å². The molecule has 0 aromatic heterocycles. The number of nitriles is 1. The zero-order valence-electron chi connectivity index (χ0n) is 10.9. The second-order valence-corrected chi connectivity index (χ2v) is 5.00. The predicted octanol–water partition coefficient (Wildman–Crippen LogP) is 3.38. The van der Waals surface area contributed by atoms with E-state index in [4.69, 9.17) is 11.0 Å². The summed E-state index contributed by atoms with van der Waals surface area (Å²) in [7, 11) is 0. The number of nitrogens with one attached hydrogen (secondary N) is 1. The number of rotatable bonds is 2. The van der Waals surface area contributed by atoms with E-state index >= 15 is 0 Å². The van der Waals surface area contributed by atoms with Crippen molar-refractivity contribution in [3.05, 3.63) is 58.9 Å². The van der Waals surface area contributed by atoms with E-state index in [1.807, 2.05) is 24.3 Å². The highest BCUT2D eigenvalue weighted by molar-refractivity contribution is 5.54. The molecule has 3 rings (SSSR count). The number of aryl methyl sites for hydroxylation is 1. The smallest absolute Gasteiger partial charge is 0.141 e. The molecule has 1 aliphatic carbocycles. The molecule has 100 valence electrons. The van der Waals surface area contributed by atoms with Gasteiger partial charge in [0, 0.05) is 11.4 Å². The monoisotopic (exact) mass is 267 g/mol. The molecule has 1 unspecified atom stereocenters. The first kappa shape index (κ1) is 12.5. The van der Waals surface area contributed by atoms with Crippen LogP contribution in [0.15, 0.2) is 36.4 Å². The van der Waals surface area contributed by atoms with Crippen molar-refractivity contribution in [3.8, 4) is 6.07 Å². The van der Waals surface area contributed by atoms with Crippen LogP contribution in [0.2, 0.25) is 0 Å². The average Bonchev–Trinajstić information content (AvgIpc) is 2.83. The summed E-state index contributed by atoms with van der Waals surface area (Å²) in [4.78, 5) is 0. The van der Waals surface area contributed by atoms with E-state index in [-0.39, 0.29) is 11.6 Å². The third-order valence-electron chi connectivity index (χ3n) is 3.67. The fourth-order valence-corrected chi connectivity index (χ4v) is 2.69. The van der Waals surface area contributed by atoms with E-state index in [9.17, 15) is 4.39 Å². The molecule has 0 spiro atoms. The number of nitrogens with two attached hydrogens (primary N) is 1. The van der Waals surface area contributed by atoms with E-state index in [1.165, 1.54) is 17.2 Å². The summed E-state index contributed by atoms with van der Waals surface area (Å²) in [6.45, 7) is 0. The van der Waals surface area contributed by atoms with Crippen LogP contribution in [-0.4, -0.2) is 0 Å². The van der Waals surface area contributed by atoms with Crippen molar-refractivity contribution in [2.24, 2.45) is 0 Å². The maximum absolute atomic E-state index is 13.3. The minimum absolute atomic E-state index is 0.0607. The normalized spacial score (nSPS) is 16.5. The SMILES string of the molecule is N#Cc1cc(NC2CCc3cc(N)ccc32)ccc1F. The topological polar surface area (TPSA) is 61.8 Å². The molecule has 20 heavy (non-hydrogen) atoms. The van der Waals surface area contributed by atoms with E-state index in [0.717, 1.165) is 24.2 Å². The van der Waals surface area contributed by atoms with Crippen molar-refractivity contribution in [1.29, 1.82) is 5.26 Å². The van der Waals surface area contributed by atoms with E-state index in [1.54, 1.807) is 12.1 Å². The lowest BCUT2D eigenvalue weighted by molar-refractivity contribution is 0.624. The fraction of sp³-hybridized carbons (Fsp3) is 0.188. The largest absolute Gasteiger partial charge is 0.399 e. The Morgan fingerprint density at radius 2 is 2.10 bits per heavy atom. The van der Waals surface area contributed by atoms with Gasteiger partial charge in [-0.05, 0) is 54.3 Å². The number of fused-ring (bicyclic) bond motifs is 1. The molecule has 0 saturated heterocycles. The molecule has 2 aromatic carbocycles. The first-order valence-corrected chi connectivity index (χ1v) is 6.52. The van der Waals surface area contributed by atoms with Crippen molar-refractivity contribution < 1.29 is 4.39 Å². The van der Waals surface area contributed by atoms with Gasteiger partial charge in [0.2, 0.25) is 0 Å². The maximum atomic E-state index is 13.3. The van der Waals surface area contributed by atoms with Gasteiger partial charge in [0.15, 0.2) is 0 Å². The molecule has 0 saturated carbocycles. The molecule has 0 radical (unpaired) electrons. The summed E-state index contributed by atoms with van der Waals surface area (Å²) in [5, 5.41) is 12.2. The number of benzene rings is 2. The number of anilines is 2. The summed E-state index contributed by atoms with van der Waals surface area (Å²) in [5.74, 6) is -0.488. The lowest BCUT2D eigenvalue weighted by atomic mass is 10.1. The van der Waals surface area contributed by atoms with Gasteiger partial charge in [-0.25, -0.2) is 4.39 Å². The molecule has 0 aliphatic heterocycles. The summed E-state index contributed by atoms with van der Waals surface area (Å²) in [5.41, 5.74) is 9.86. The highest BCUT2D eigenvalue weighted by atomic mass is 19.1. The van der Waals surface area contributed by atoms with Gasteiger partial charge in [0.25, 0.3) is 0 Å². The molecule has 4 heteroatoms. The molecule has 0 fully saturated rings. The fourth-order valence-electron chi connectivity index (χ4n) is 2.69. The highest BCUT2D eigenvalue weighted by Crippen LogP contribution is 2.35. The van der Waals surface area contributed by atoms with Crippen LogP contribution < -0.4 is 11.1 Å². The van der Waals surface area contributed by atoms with Gasteiger partial charge in [-0.2, -0.15) is 5.26 Å². The molecule has 3 nitrogen and oxygen atoms in total. The Hall–Kier alpha value is -2.54. The Morgan fingerprint density at radius 3 is 2.90 bits per heavy atom. The lowest BCUT2D eigenvalue weighted by Gasteiger charge is -2.16. The Balaban J connectivity index is 1.86. The molecule has 0 bridgehead atoms. The van der Waals surface area contributed by atoms with E-state index < -0.39 is 5.82 Å². The lowest BCUT2D eigenvalue weighted by Crippen LogP contribution is -2.07. The first-order chi connectivity index (χ1) is 9.67. The molecular weight excluding hydrogens is 253 g/mol. The van der Waals surface area contributed by atoms with Crippen LogP contribution in [0, 0.1) is 17.1 Å². The van der Waals surface area contributed by atoms with Crippen LogP contribution in [0.25, 0.3) is 0 Å². The van der Waals surface area contributed by atoms with E-state index in [0.29, 0.717) is 0 Å². The van der Waals surface area contributed by atoms with Crippen molar-refractivity contribution in [1.82, 2.24) is 0 Å². The van der Waals surface area contributed by atoms with Gasteiger partial charge >= 0.3 is 0 Å². The zero-order valence-corrected chi connectivity index (χ0v) is 10.9. The maximum Gasteiger partial charge on any atom is 0.141 e. The van der Waals surface area contributed by atoms with Crippen molar-refractivity contribution >= 4 is 11.4 Å². The summed E-state index contributed by atoms with van der Waals surface area (Å²) < 4.78 is 13.3. The molecule has 3 N–H and O–H groups in total. The average molecular weight is 267 g/mol. The van der Waals surface area contributed by atoms with Crippen molar-refractivity contribution in [2.45, 2.75) is 18.9 Å². The molecule has 1 atom stereocenters. The summed E-state index contributed by atoms with van der Waals surface area (Å²) >= 11 is 0. The third kappa shape index (κ3) is 2.19. The number of hydrogen-bond acceptors (Lipinski definition) is 3. The standard InChI is InChI=1S/C16H14FN3/c17-15-5-3-13(8-11(15)9-18)20-16-6-1-10-7-12(19)2-4-14(10)16/h2-5,7-8,16,20H,1,6,19H2. The van der Waals surface area contributed by atoms with Gasteiger partial charge in [0.05, 0.1) is 11.6 Å². The van der Waals surface area contributed by atoms with Crippen molar-refractivity contribution in [2.75, 3.05) is 11.1 Å². The van der Waals surface area contributed by atoms with Gasteiger partial charge in [0.1, 0.15) is 11.9 Å². The predicted molar refractivity (Wildman–Crippen MR) is 76.7 cm³/mol. The van der Waals surface area contributed by atoms with Crippen LogP contribution in [0.1, 0.15) is 29.2 Å². The first-order valence-electron chi connectivity index (χ1n) is 6.52. The molecule has 0 amide bonds. The Morgan fingerprint density at radius 1 is 1.25 bits per heavy atom. The number of nitrogen functional groups attached to an aromatic ring is 1. The minimum atomic E-state index is -0.488. The van der Waals surface area contributed by atoms with Crippen LogP contribution in [0.5, 0.6) is 0 Å². The molecular formula is C16H14FN3. The minimum Gasteiger partial charge on any atom is -0.399 e. The van der Waals surface area contributed by atoms with Gasteiger partial charge in [-0.1, -0.05) is 6.07 Å². The highest BCUT2D eigenvalue weighted by Gasteiger charge is 2.22. The van der Waals surface area contributed by atoms with Crippen LogP contribution in [0.3, 0.4) is 0 Å². The van der Waals surface area contributed by atoms with E-state index in [2.05, 4.69) is 5.32 Å². The van der Waals surface area contributed by atoms with Gasteiger partial charge in [-0.3, -0.25) is 0 Å². The zero-order chi connectivity index (χ0) is 14.1. The van der Waals surface area contributed by atoms with Crippen LogP contribution >= 0.6 is 0 Å². The van der Waals surface area contributed by atoms with Crippen LogP contribution in [-0.2, 0) is 6.42 Å². The second-order valence-electron chi connectivity index (χ2n) is 5.00. The van der Waals surface area contributed by atoms with Crippen LogP contribution in [0.4, 0.5) is 15.8 Å². The molecule has 2 aromatic rings. The van der Waals surface area contributed by atoms with Gasteiger partial charge in [-0.15, -0.1) is 0 Å². The Labute approximate surface area is 116 Å². The molecule has 1 aliphatic rings. The summed E-state index contributed by atoms with van der Waals surface area (Å²) in [6.07, 6.45) is 1.95. The molecule has 0 heterocycles.